The smallest absolute Gasteiger partial charge is 0.353 e. The van der Waals surface area contributed by atoms with Gasteiger partial charge in [0.1, 0.15) is 5.82 Å². The van der Waals surface area contributed by atoms with Crippen LogP contribution in [0.15, 0.2) is 24.3 Å². The minimum Gasteiger partial charge on any atom is -0.353 e. The lowest BCUT2D eigenvalue weighted by molar-refractivity contribution is -0.144. The second-order valence-corrected chi connectivity index (χ2v) is 5.86. The van der Waals surface area contributed by atoms with Crippen molar-refractivity contribution >= 4 is 11.6 Å². The van der Waals surface area contributed by atoms with Gasteiger partial charge in [-0.3, -0.25) is 0 Å². The first-order valence-electron chi connectivity index (χ1n) is 7.57. The highest BCUT2D eigenvalue weighted by Crippen LogP contribution is 2.30. The molecule has 1 aromatic carbocycles. The Labute approximate surface area is 145 Å². The van der Waals surface area contributed by atoms with Crippen molar-refractivity contribution in [1.82, 2.24) is 19.6 Å². The minimum absolute atomic E-state index is 0.198. The molecule has 0 fully saturated rings. The molecule has 138 valence electrons. The van der Waals surface area contributed by atoms with Gasteiger partial charge >= 0.3 is 6.18 Å². The van der Waals surface area contributed by atoms with Gasteiger partial charge in [-0.15, -0.1) is 5.10 Å². The van der Waals surface area contributed by atoms with Crippen LogP contribution in [0.2, 0.25) is 0 Å². The summed E-state index contributed by atoms with van der Waals surface area (Å²) in [4.78, 5) is 8.98. The van der Waals surface area contributed by atoms with Gasteiger partial charge in [-0.2, -0.15) is 22.7 Å². The Bertz CT molecular complexity index is 966. The molecule has 0 bridgehead atoms. The standard InChI is InChI=1S/C16H14F5N5/c1-8-6-13(26-15(22-8)23-14(24-26)16(19,20)21)25(3)9(2)10-4-5-11(17)12(18)7-10/h4-7,9H,1-3H3/t9-/m1/s1. The van der Waals surface area contributed by atoms with Crippen LogP contribution in [-0.2, 0) is 6.18 Å². The minimum atomic E-state index is -4.71. The highest BCUT2D eigenvalue weighted by molar-refractivity contribution is 5.49. The lowest BCUT2D eigenvalue weighted by Gasteiger charge is -2.27. The zero-order chi connectivity index (χ0) is 19.2. The molecule has 0 radical (unpaired) electrons. The fourth-order valence-electron chi connectivity index (χ4n) is 2.53. The van der Waals surface area contributed by atoms with Crippen molar-refractivity contribution in [3.63, 3.8) is 0 Å². The molecular weight excluding hydrogens is 357 g/mol. The summed E-state index contributed by atoms with van der Waals surface area (Å²) in [6.07, 6.45) is -4.71. The first-order valence-corrected chi connectivity index (χ1v) is 7.57. The number of hydrogen-bond donors (Lipinski definition) is 0. The fraction of sp³-hybridized carbons (Fsp3) is 0.312. The van der Waals surface area contributed by atoms with E-state index in [1.807, 2.05) is 0 Å². The number of rotatable bonds is 3. The number of anilines is 1. The van der Waals surface area contributed by atoms with Gasteiger partial charge in [0, 0.05) is 18.8 Å². The van der Waals surface area contributed by atoms with E-state index in [9.17, 15) is 22.0 Å². The molecule has 0 aliphatic rings. The Morgan fingerprint density at radius 1 is 1.08 bits per heavy atom. The quantitative estimate of drug-likeness (QED) is 0.655. The number of hydrogen-bond acceptors (Lipinski definition) is 4. The zero-order valence-electron chi connectivity index (χ0n) is 14.0. The molecule has 5 nitrogen and oxygen atoms in total. The van der Waals surface area contributed by atoms with Crippen molar-refractivity contribution in [2.75, 3.05) is 11.9 Å². The normalized spacial score (nSPS) is 13.2. The van der Waals surface area contributed by atoms with Crippen molar-refractivity contribution in [2.24, 2.45) is 0 Å². The maximum Gasteiger partial charge on any atom is 0.453 e. The summed E-state index contributed by atoms with van der Waals surface area (Å²) in [5.74, 6) is -3.19. The first kappa shape index (κ1) is 18.0. The molecule has 0 spiro atoms. The fourth-order valence-corrected chi connectivity index (χ4v) is 2.53. The van der Waals surface area contributed by atoms with Crippen LogP contribution < -0.4 is 4.90 Å². The summed E-state index contributed by atoms with van der Waals surface area (Å²) in [7, 11) is 1.61. The molecule has 0 aliphatic carbocycles. The molecule has 10 heteroatoms. The highest BCUT2D eigenvalue weighted by Gasteiger charge is 2.37. The summed E-state index contributed by atoms with van der Waals surface area (Å²) in [6.45, 7) is 3.32. The van der Waals surface area contributed by atoms with E-state index in [-0.39, 0.29) is 11.6 Å². The third-order valence-corrected chi connectivity index (χ3v) is 4.04. The Morgan fingerprint density at radius 2 is 1.77 bits per heavy atom. The SMILES string of the molecule is Cc1cc(N(C)[C@H](C)c2ccc(F)c(F)c2)n2nc(C(F)(F)F)nc2n1. The predicted octanol–water partition coefficient (Wildman–Crippen LogP) is 3.93. The highest BCUT2D eigenvalue weighted by atomic mass is 19.4. The number of benzene rings is 1. The molecule has 0 unspecified atom stereocenters. The Hall–Kier alpha value is -2.78. The van der Waals surface area contributed by atoms with Crippen molar-refractivity contribution in [2.45, 2.75) is 26.1 Å². The average molecular weight is 371 g/mol. The van der Waals surface area contributed by atoms with Gasteiger partial charge in [-0.05, 0) is 31.5 Å². The second kappa shape index (κ2) is 6.19. The number of alkyl halides is 3. The third-order valence-electron chi connectivity index (χ3n) is 4.04. The number of fused-ring (bicyclic) bond motifs is 1. The van der Waals surface area contributed by atoms with E-state index in [1.165, 1.54) is 12.1 Å². The van der Waals surface area contributed by atoms with Gasteiger partial charge in [0.15, 0.2) is 11.6 Å². The Kier molecular flexibility index (Phi) is 4.29. The van der Waals surface area contributed by atoms with Crippen LogP contribution >= 0.6 is 0 Å². The van der Waals surface area contributed by atoms with Crippen molar-refractivity contribution in [3.8, 4) is 0 Å². The average Bonchev–Trinajstić information content (AvgIpc) is 2.99. The maximum absolute atomic E-state index is 13.5. The van der Waals surface area contributed by atoms with Crippen LogP contribution in [0.1, 0.15) is 30.0 Å². The molecule has 3 rings (SSSR count). The van der Waals surface area contributed by atoms with Crippen molar-refractivity contribution in [1.29, 1.82) is 0 Å². The van der Waals surface area contributed by atoms with Crippen LogP contribution in [0.3, 0.4) is 0 Å². The number of aromatic nitrogens is 4. The summed E-state index contributed by atoms with van der Waals surface area (Å²) < 4.78 is 66.3. The van der Waals surface area contributed by atoms with Gasteiger partial charge in [-0.1, -0.05) is 6.07 Å². The molecule has 0 N–H and O–H groups in total. The molecule has 3 aromatic rings. The van der Waals surface area contributed by atoms with E-state index in [4.69, 9.17) is 0 Å². The summed E-state index contributed by atoms with van der Waals surface area (Å²) >= 11 is 0. The summed E-state index contributed by atoms with van der Waals surface area (Å²) in [5.41, 5.74) is 0.892. The van der Waals surface area contributed by atoms with Crippen LogP contribution in [0.4, 0.5) is 27.8 Å². The summed E-state index contributed by atoms with van der Waals surface area (Å²) in [6, 6.07) is 4.52. The molecule has 0 saturated carbocycles. The molecular formula is C16H14F5N5. The van der Waals surface area contributed by atoms with E-state index >= 15 is 0 Å². The maximum atomic E-state index is 13.5. The second-order valence-electron chi connectivity index (χ2n) is 5.86. The van der Waals surface area contributed by atoms with Gasteiger partial charge < -0.3 is 4.90 Å². The van der Waals surface area contributed by atoms with Gasteiger partial charge in [-0.25, -0.2) is 13.8 Å². The molecule has 2 heterocycles. The lowest BCUT2D eigenvalue weighted by Crippen LogP contribution is -2.25. The van der Waals surface area contributed by atoms with Crippen molar-refractivity contribution in [3.05, 3.63) is 53.0 Å². The molecule has 1 atom stereocenters. The first-order chi connectivity index (χ1) is 12.1. The van der Waals surface area contributed by atoms with Crippen molar-refractivity contribution < 1.29 is 22.0 Å². The van der Waals surface area contributed by atoms with E-state index in [2.05, 4.69) is 15.1 Å². The van der Waals surface area contributed by atoms with Crippen LogP contribution in [-0.4, -0.2) is 26.6 Å². The monoisotopic (exact) mass is 371 g/mol. The predicted molar refractivity (Wildman–Crippen MR) is 83.7 cm³/mol. The molecule has 0 aliphatic heterocycles. The lowest BCUT2D eigenvalue weighted by atomic mass is 10.1. The van der Waals surface area contributed by atoms with Gasteiger partial charge in [0.2, 0.25) is 0 Å². The number of halogens is 5. The molecule has 0 amide bonds. The zero-order valence-corrected chi connectivity index (χ0v) is 14.0. The van der Waals surface area contributed by atoms with Crippen LogP contribution in [0, 0.1) is 18.6 Å². The summed E-state index contributed by atoms with van der Waals surface area (Å²) in [5, 5.41) is 3.50. The topological polar surface area (TPSA) is 46.3 Å². The van der Waals surface area contributed by atoms with E-state index < -0.39 is 29.7 Å². The largest absolute Gasteiger partial charge is 0.453 e. The van der Waals surface area contributed by atoms with Crippen LogP contribution in [0.25, 0.3) is 5.78 Å². The van der Waals surface area contributed by atoms with E-state index in [0.29, 0.717) is 11.3 Å². The van der Waals surface area contributed by atoms with Crippen LogP contribution in [0.5, 0.6) is 0 Å². The number of nitrogens with zero attached hydrogens (tertiary/aromatic N) is 5. The van der Waals surface area contributed by atoms with E-state index in [1.54, 1.807) is 25.8 Å². The van der Waals surface area contributed by atoms with E-state index in [0.717, 1.165) is 16.6 Å². The molecule has 26 heavy (non-hydrogen) atoms. The number of aryl methyl sites for hydroxylation is 1. The Balaban J connectivity index is 2.08. The molecule has 0 saturated heterocycles. The Morgan fingerprint density at radius 3 is 2.38 bits per heavy atom. The van der Waals surface area contributed by atoms with Gasteiger partial charge in [0.05, 0.1) is 6.04 Å². The molecule has 2 aromatic heterocycles. The van der Waals surface area contributed by atoms with Gasteiger partial charge in [0.25, 0.3) is 11.6 Å². The third kappa shape index (κ3) is 3.18.